The van der Waals surface area contributed by atoms with E-state index in [9.17, 15) is 18.0 Å². The molecule has 1 aromatic carbocycles. The molecule has 2 aromatic rings. The van der Waals surface area contributed by atoms with Gasteiger partial charge in [0.05, 0.1) is 21.8 Å². The van der Waals surface area contributed by atoms with E-state index in [2.05, 4.69) is 20.6 Å². The van der Waals surface area contributed by atoms with Gasteiger partial charge in [-0.1, -0.05) is 25.4 Å². The third-order valence-electron chi connectivity index (χ3n) is 3.13. The highest BCUT2D eigenvalue weighted by molar-refractivity contribution is 6.33. The highest BCUT2D eigenvalue weighted by atomic mass is 35.5. The van der Waals surface area contributed by atoms with Gasteiger partial charge in [-0.15, -0.1) is 0 Å². The van der Waals surface area contributed by atoms with Crippen LogP contribution in [0.2, 0.25) is 5.02 Å². The van der Waals surface area contributed by atoms with Crippen LogP contribution in [0.25, 0.3) is 0 Å². The first-order valence-corrected chi connectivity index (χ1v) is 7.78. The van der Waals surface area contributed by atoms with Crippen LogP contribution in [0.5, 0.6) is 0 Å². The fourth-order valence-electron chi connectivity index (χ4n) is 1.83. The molecule has 25 heavy (non-hydrogen) atoms. The van der Waals surface area contributed by atoms with Crippen LogP contribution in [0, 0.1) is 5.92 Å². The molecule has 134 valence electrons. The van der Waals surface area contributed by atoms with Gasteiger partial charge in [0, 0.05) is 18.9 Å². The number of hydrogen-bond donors (Lipinski definition) is 2. The van der Waals surface area contributed by atoms with Crippen molar-refractivity contribution in [2.24, 2.45) is 5.92 Å². The molecule has 0 radical (unpaired) electrons. The van der Waals surface area contributed by atoms with Crippen LogP contribution in [-0.2, 0) is 6.18 Å². The average molecular weight is 373 g/mol. The van der Waals surface area contributed by atoms with Crippen molar-refractivity contribution in [3.05, 3.63) is 46.7 Å². The molecule has 2 N–H and O–H groups in total. The number of aromatic nitrogens is 2. The molecule has 0 saturated heterocycles. The van der Waals surface area contributed by atoms with Crippen LogP contribution >= 0.6 is 11.6 Å². The fraction of sp³-hybridized carbons (Fsp3) is 0.312. The summed E-state index contributed by atoms with van der Waals surface area (Å²) >= 11 is 5.90. The molecule has 9 heteroatoms. The highest BCUT2D eigenvalue weighted by Gasteiger charge is 2.31. The Labute approximate surface area is 147 Å². The second-order valence-electron chi connectivity index (χ2n) is 5.72. The molecule has 0 unspecified atom stereocenters. The summed E-state index contributed by atoms with van der Waals surface area (Å²) in [5.41, 5.74) is -0.570. The lowest BCUT2D eigenvalue weighted by atomic mass is 10.2. The number of hydrogen-bond acceptors (Lipinski definition) is 4. The summed E-state index contributed by atoms with van der Waals surface area (Å²) in [4.78, 5) is 19.7. The Balaban J connectivity index is 2.12. The van der Waals surface area contributed by atoms with Gasteiger partial charge in [-0.3, -0.25) is 4.79 Å². The zero-order chi connectivity index (χ0) is 18.6. The minimum absolute atomic E-state index is 0.0218. The standard InChI is InChI=1S/C16H16ClF3N4O/c1-9(2)6-21-14(25)10-7-22-15(23-8-10)24-13-5-11(16(18,19)20)3-4-12(13)17/h3-5,7-9H,6H2,1-2H3,(H,21,25)(H,22,23,24). The number of carbonyl (C=O) groups excluding carboxylic acids is 1. The van der Waals surface area contributed by atoms with E-state index >= 15 is 0 Å². The van der Waals surface area contributed by atoms with Gasteiger partial charge in [-0.25, -0.2) is 9.97 Å². The van der Waals surface area contributed by atoms with Crippen molar-refractivity contribution in [2.75, 3.05) is 11.9 Å². The monoisotopic (exact) mass is 372 g/mol. The molecule has 0 atom stereocenters. The molecule has 0 spiro atoms. The van der Waals surface area contributed by atoms with Gasteiger partial charge in [0.15, 0.2) is 0 Å². The summed E-state index contributed by atoms with van der Waals surface area (Å²) in [5.74, 6) is 0.00726. The number of rotatable bonds is 5. The molecule has 0 aliphatic carbocycles. The predicted molar refractivity (Wildman–Crippen MR) is 88.9 cm³/mol. The lowest BCUT2D eigenvalue weighted by molar-refractivity contribution is -0.137. The maximum atomic E-state index is 12.8. The molecule has 5 nitrogen and oxygen atoms in total. The van der Waals surface area contributed by atoms with Gasteiger partial charge in [0.25, 0.3) is 5.91 Å². The van der Waals surface area contributed by atoms with Gasteiger partial charge in [0.2, 0.25) is 5.95 Å². The minimum atomic E-state index is -4.49. The van der Waals surface area contributed by atoms with Crippen molar-refractivity contribution in [1.29, 1.82) is 0 Å². The third kappa shape index (κ3) is 5.32. The number of anilines is 2. The largest absolute Gasteiger partial charge is 0.416 e. The zero-order valence-electron chi connectivity index (χ0n) is 13.5. The normalized spacial score (nSPS) is 11.5. The maximum absolute atomic E-state index is 12.8. The molecule has 0 saturated carbocycles. The molecule has 0 aliphatic rings. The summed E-state index contributed by atoms with van der Waals surface area (Å²) in [7, 11) is 0. The summed E-state index contributed by atoms with van der Waals surface area (Å²) in [5, 5.41) is 5.42. The quantitative estimate of drug-likeness (QED) is 0.822. The fourth-order valence-corrected chi connectivity index (χ4v) is 1.99. The van der Waals surface area contributed by atoms with E-state index < -0.39 is 11.7 Å². The molecular formula is C16H16ClF3N4O. The first-order chi connectivity index (χ1) is 11.7. The van der Waals surface area contributed by atoms with E-state index in [0.717, 1.165) is 18.2 Å². The number of carbonyl (C=O) groups is 1. The first-order valence-electron chi connectivity index (χ1n) is 7.41. The van der Waals surface area contributed by atoms with Crippen LogP contribution in [-0.4, -0.2) is 22.4 Å². The van der Waals surface area contributed by atoms with E-state index in [0.29, 0.717) is 12.5 Å². The first kappa shape index (κ1) is 19.0. The number of nitrogens with zero attached hydrogens (tertiary/aromatic N) is 2. The van der Waals surface area contributed by atoms with Crippen molar-refractivity contribution in [2.45, 2.75) is 20.0 Å². The second-order valence-corrected chi connectivity index (χ2v) is 6.12. The number of nitrogens with one attached hydrogen (secondary N) is 2. The van der Waals surface area contributed by atoms with Crippen LogP contribution in [0.4, 0.5) is 24.8 Å². The molecular weight excluding hydrogens is 357 g/mol. The van der Waals surface area contributed by atoms with Gasteiger partial charge in [-0.05, 0) is 24.1 Å². The van der Waals surface area contributed by atoms with Gasteiger partial charge in [-0.2, -0.15) is 13.2 Å². The van der Waals surface area contributed by atoms with Crippen molar-refractivity contribution >= 4 is 29.1 Å². The Bertz CT molecular complexity index is 748. The molecule has 0 fully saturated rings. The Morgan fingerprint density at radius 2 is 1.88 bits per heavy atom. The Morgan fingerprint density at radius 3 is 2.44 bits per heavy atom. The van der Waals surface area contributed by atoms with E-state index in [4.69, 9.17) is 11.6 Å². The number of amides is 1. The predicted octanol–water partition coefficient (Wildman–Crippen LogP) is 4.28. The molecule has 0 bridgehead atoms. The summed E-state index contributed by atoms with van der Waals surface area (Å²) in [6.07, 6.45) is -1.92. The smallest absolute Gasteiger partial charge is 0.352 e. The molecule has 1 aromatic heterocycles. The lowest BCUT2D eigenvalue weighted by Crippen LogP contribution is -2.27. The van der Waals surface area contributed by atoms with E-state index in [1.54, 1.807) is 0 Å². The molecule has 0 aliphatic heterocycles. The Hall–Kier alpha value is -2.35. The number of halogens is 4. The average Bonchev–Trinajstić information content (AvgIpc) is 2.54. The van der Waals surface area contributed by atoms with E-state index in [-0.39, 0.29) is 28.1 Å². The zero-order valence-corrected chi connectivity index (χ0v) is 14.2. The van der Waals surface area contributed by atoms with Crippen LogP contribution in [0.15, 0.2) is 30.6 Å². The lowest BCUT2D eigenvalue weighted by Gasteiger charge is -2.12. The maximum Gasteiger partial charge on any atom is 0.416 e. The number of benzene rings is 1. The van der Waals surface area contributed by atoms with E-state index in [1.165, 1.54) is 12.4 Å². The topological polar surface area (TPSA) is 66.9 Å². The van der Waals surface area contributed by atoms with Gasteiger partial charge in [0.1, 0.15) is 0 Å². The van der Waals surface area contributed by atoms with Crippen molar-refractivity contribution < 1.29 is 18.0 Å². The van der Waals surface area contributed by atoms with E-state index in [1.807, 2.05) is 13.8 Å². The summed E-state index contributed by atoms with van der Waals surface area (Å²) in [6.45, 7) is 4.43. The van der Waals surface area contributed by atoms with Crippen molar-refractivity contribution in [3.8, 4) is 0 Å². The minimum Gasteiger partial charge on any atom is -0.352 e. The van der Waals surface area contributed by atoms with Crippen molar-refractivity contribution in [1.82, 2.24) is 15.3 Å². The summed E-state index contributed by atoms with van der Waals surface area (Å²) in [6, 6.07) is 2.89. The molecule has 1 heterocycles. The highest BCUT2D eigenvalue weighted by Crippen LogP contribution is 2.34. The van der Waals surface area contributed by atoms with Gasteiger partial charge >= 0.3 is 6.18 Å². The number of alkyl halides is 3. The van der Waals surface area contributed by atoms with Crippen LogP contribution in [0.1, 0.15) is 29.8 Å². The van der Waals surface area contributed by atoms with Crippen molar-refractivity contribution in [3.63, 3.8) is 0 Å². The third-order valence-corrected chi connectivity index (χ3v) is 3.45. The van der Waals surface area contributed by atoms with Gasteiger partial charge < -0.3 is 10.6 Å². The molecule has 2 rings (SSSR count). The Kier molecular flexibility index (Phi) is 5.84. The SMILES string of the molecule is CC(C)CNC(=O)c1cnc(Nc2cc(C(F)(F)F)ccc2Cl)nc1. The second kappa shape index (κ2) is 7.69. The van der Waals surface area contributed by atoms with Crippen LogP contribution in [0.3, 0.4) is 0 Å². The Morgan fingerprint density at radius 1 is 1.24 bits per heavy atom. The van der Waals surface area contributed by atoms with Crippen LogP contribution < -0.4 is 10.6 Å². The molecule has 1 amide bonds. The summed E-state index contributed by atoms with van der Waals surface area (Å²) < 4.78 is 38.3.